The second kappa shape index (κ2) is 67.4. The van der Waals surface area contributed by atoms with Crippen molar-refractivity contribution in [3.8, 4) is 0 Å². The van der Waals surface area contributed by atoms with Crippen molar-refractivity contribution in [3.05, 3.63) is 0 Å². The summed E-state index contributed by atoms with van der Waals surface area (Å²) in [4.78, 5) is 24.7. The zero-order valence-electron chi connectivity index (χ0n) is 52.7. The zero-order valence-corrected chi connectivity index (χ0v) is 52.7. The monoisotopic (exact) mass is 1090 g/mol. The summed E-state index contributed by atoms with van der Waals surface area (Å²) >= 11 is 0. The van der Waals surface area contributed by atoms with Gasteiger partial charge < -0.3 is 20.3 Å². The standard InChI is InChI=1S/C71H141NO5/c1-3-5-7-9-11-13-15-17-19-21-22-23-24-25-26-27-28-32-35-39-43-47-51-55-59-63-69(74)68(67-73)72-70(75)64-60-56-52-48-44-40-36-33-29-30-34-38-42-46-50-54-58-62-66-77-71(76)65-61-57-53-49-45-41-37-31-20-18-16-14-12-10-8-6-4-2/h68-69,73-74H,3-67H2,1-2H3,(H,72,75). The van der Waals surface area contributed by atoms with Crippen LogP contribution in [0.2, 0.25) is 0 Å². The predicted molar refractivity (Wildman–Crippen MR) is 338 cm³/mol. The molecule has 0 saturated heterocycles. The quantitative estimate of drug-likeness (QED) is 0.0417. The Labute approximate surface area is 483 Å². The van der Waals surface area contributed by atoms with Crippen LogP contribution in [0.1, 0.15) is 418 Å². The van der Waals surface area contributed by atoms with Crippen molar-refractivity contribution in [1.29, 1.82) is 0 Å². The molecule has 77 heavy (non-hydrogen) atoms. The molecule has 2 atom stereocenters. The van der Waals surface area contributed by atoms with E-state index in [1.807, 2.05) is 0 Å². The number of rotatable bonds is 68. The molecule has 0 heterocycles. The molecule has 1 amide bonds. The van der Waals surface area contributed by atoms with Gasteiger partial charge in [-0.15, -0.1) is 0 Å². The Balaban J connectivity index is 3.38. The van der Waals surface area contributed by atoms with Crippen LogP contribution < -0.4 is 5.32 Å². The summed E-state index contributed by atoms with van der Waals surface area (Å²) < 4.78 is 5.50. The third-order valence-corrected chi connectivity index (χ3v) is 17.2. The number of carbonyl (C=O) groups is 2. The van der Waals surface area contributed by atoms with Crippen molar-refractivity contribution in [2.45, 2.75) is 431 Å². The number of hydrogen-bond acceptors (Lipinski definition) is 5. The first-order valence-electron chi connectivity index (χ1n) is 35.8. The number of amides is 1. The van der Waals surface area contributed by atoms with Crippen molar-refractivity contribution in [2.24, 2.45) is 0 Å². The van der Waals surface area contributed by atoms with Crippen LogP contribution in [0.4, 0.5) is 0 Å². The van der Waals surface area contributed by atoms with E-state index in [1.165, 1.54) is 347 Å². The third kappa shape index (κ3) is 63.9. The van der Waals surface area contributed by atoms with Crippen molar-refractivity contribution in [1.82, 2.24) is 5.32 Å². The van der Waals surface area contributed by atoms with Gasteiger partial charge in [-0.1, -0.05) is 380 Å². The van der Waals surface area contributed by atoms with E-state index in [1.54, 1.807) is 0 Å². The van der Waals surface area contributed by atoms with E-state index < -0.39 is 12.1 Å². The molecule has 6 nitrogen and oxygen atoms in total. The van der Waals surface area contributed by atoms with Gasteiger partial charge in [-0.2, -0.15) is 0 Å². The minimum absolute atomic E-state index is 0.0132. The third-order valence-electron chi connectivity index (χ3n) is 17.2. The predicted octanol–water partition coefficient (Wildman–Crippen LogP) is 23.0. The molecule has 0 aliphatic carbocycles. The Morgan fingerprint density at radius 2 is 0.532 bits per heavy atom. The van der Waals surface area contributed by atoms with Gasteiger partial charge >= 0.3 is 5.97 Å². The van der Waals surface area contributed by atoms with Gasteiger partial charge in [-0.05, 0) is 25.7 Å². The largest absolute Gasteiger partial charge is 0.466 e. The summed E-state index contributed by atoms with van der Waals surface area (Å²) in [5.74, 6) is -0.0195. The minimum Gasteiger partial charge on any atom is -0.466 e. The van der Waals surface area contributed by atoms with Crippen LogP contribution in [-0.2, 0) is 14.3 Å². The van der Waals surface area contributed by atoms with Gasteiger partial charge in [0.05, 0.1) is 25.4 Å². The van der Waals surface area contributed by atoms with E-state index in [0.29, 0.717) is 25.9 Å². The molecule has 0 aromatic rings. The lowest BCUT2D eigenvalue weighted by Crippen LogP contribution is -2.45. The topological polar surface area (TPSA) is 95.9 Å². The molecule has 0 rings (SSSR count). The van der Waals surface area contributed by atoms with Crippen molar-refractivity contribution >= 4 is 11.9 Å². The number of aliphatic hydroxyl groups is 2. The number of hydrogen-bond donors (Lipinski definition) is 3. The summed E-state index contributed by atoms with van der Waals surface area (Å²) in [7, 11) is 0. The molecule has 0 radical (unpaired) electrons. The van der Waals surface area contributed by atoms with Gasteiger partial charge in [0.2, 0.25) is 5.91 Å². The average molecular weight is 1090 g/mol. The summed E-state index contributed by atoms with van der Waals surface area (Å²) in [6.45, 7) is 5.00. The second-order valence-corrected chi connectivity index (χ2v) is 24.9. The molecule has 0 aliphatic heterocycles. The molecule has 0 aromatic carbocycles. The normalized spacial score (nSPS) is 12.4. The second-order valence-electron chi connectivity index (χ2n) is 24.9. The van der Waals surface area contributed by atoms with Crippen LogP contribution in [0.15, 0.2) is 0 Å². The molecule has 2 unspecified atom stereocenters. The first-order valence-corrected chi connectivity index (χ1v) is 35.8. The zero-order chi connectivity index (χ0) is 55.7. The van der Waals surface area contributed by atoms with E-state index in [2.05, 4.69) is 19.2 Å². The van der Waals surface area contributed by atoms with Crippen molar-refractivity contribution in [3.63, 3.8) is 0 Å². The van der Waals surface area contributed by atoms with E-state index in [0.717, 1.165) is 38.5 Å². The van der Waals surface area contributed by atoms with E-state index in [4.69, 9.17) is 4.74 Å². The van der Waals surface area contributed by atoms with Crippen LogP contribution >= 0.6 is 0 Å². The lowest BCUT2D eigenvalue weighted by atomic mass is 10.0. The molecular formula is C71H141NO5. The molecule has 0 bridgehead atoms. The molecule has 0 aromatic heterocycles. The van der Waals surface area contributed by atoms with E-state index >= 15 is 0 Å². The Bertz CT molecular complexity index is 1120. The van der Waals surface area contributed by atoms with Gasteiger partial charge in [0.1, 0.15) is 0 Å². The lowest BCUT2D eigenvalue weighted by Gasteiger charge is -2.22. The Morgan fingerprint density at radius 3 is 0.792 bits per heavy atom. The summed E-state index contributed by atoms with van der Waals surface area (Å²) in [6.07, 6.45) is 81.4. The Kier molecular flexibility index (Phi) is 66.4. The molecule has 0 spiro atoms. The number of nitrogens with one attached hydrogen (secondary N) is 1. The van der Waals surface area contributed by atoms with Gasteiger partial charge in [0.25, 0.3) is 0 Å². The highest BCUT2D eigenvalue weighted by molar-refractivity contribution is 5.76. The highest BCUT2D eigenvalue weighted by Gasteiger charge is 2.20. The highest BCUT2D eigenvalue weighted by Crippen LogP contribution is 2.20. The van der Waals surface area contributed by atoms with Gasteiger partial charge in [-0.25, -0.2) is 0 Å². The number of carbonyl (C=O) groups excluding carboxylic acids is 2. The summed E-state index contributed by atoms with van der Waals surface area (Å²) in [6, 6.07) is -0.545. The maximum Gasteiger partial charge on any atom is 0.305 e. The fraction of sp³-hybridized carbons (Fsp3) is 0.972. The maximum atomic E-state index is 12.6. The molecule has 3 N–H and O–H groups in total. The summed E-state index contributed by atoms with van der Waals surface area (Å²) in [5, 5.41) is 23.4. The first kappa shape index (κ1) is 75.9. The fourth-order valence-electron chi connectivity index (χ4n) is 11.7. The van der Waals surface area contributed by atoms with Crippen LogP contribution in [0.3, 0.4) is 0 Å². The molecule has 0 aliphatic rings. The van der Waals surface area contributed by atoms with Crippen LogP contribution in [0, 0.1) is 0 Å². The van der Waals surface area contributed by atoms with Crippen LogP contribution in [0.25, 0.3) is 0 Å². The fourth-order valence-corrected chi connectivity index (χ4v) is 11.7. The van der Waals surface area contributed by atoms with E-state index in [-0.39, 0.29) is 18.5 Å². The Hall–Kier alpha value is -1.14. The molecule has 460 valence electrons. The highest BCUT2D eigenvalue weighted by atomic mass is 16.5. The van der Waals surface area contributed by atoms with Crippen molar-refractivity contribution in [2.75, 3.05) is 13.2 Å². The first-order chi connectivity index (χ1) is 38.0. The summed E-state index contributed by atoms with van der Waals surface area (Å²) in [5.41, 5.74) is 0. The molecule has 6 heteroatoms. The number of esters is 1. The maximum absolute atomic E-state index is 12.6. The molecule has 0 saturated carbocycles. The Morgan fingerprint density at radius 1 is 0.312 bits per heavy atom. The van der Waals surface area contributed by atoms with Crippen molar-refractivity contribution < 1.29 is 24.5 Å². The van der Waals surface area contributed by atoms with E-state index in [9.17, 15) is 19.8 Å². The average Bonchev–Trinajstić information content (AvgIpc) is 3.43. The molecule has 0 fully saturated rings. The molecular weight excluding hydrogens is 947 g/mol. The minimum atomic E-state index is -0.668. The number of aliphatic hydroxyl groups excluding tert-OH is 2. The smallest absolute Gasteiger partial charge is 0.305 e. The van der Waals surface area contributed by atoms with Gasteiger partial charge in [-0.3, -0.25) is 9.59 Å². The number of unbranched alkanes of at least 4 members (excludes halogenated alkanes) is 57. The SMILES string of the molecule is CCCCCCCCCCCCCCCCCCCCCCCCCCCC(O)C(CO)NC(=O)CCCCCCCCCCCCCCCCCCCCOC(=O)CCCCCCCCCCCCCCCCCCC. The van der Waals surface area contributed by atoms with Crippen LogP contribution in [-0.4, -0.2) is 47.4 Å². The number of ether oxygens (including phenoxy) is 1. The lowest BCUT2D eigenvalue weighted by molar-refractivity contribution is -0.143. The van der Waals surface area contributed by atoms with Crippen LogP contribution in [0.5, 0.6) is 0 Å². The van der Waals surface area contributed by atoms with Gasteiger partial charge in [0.15, 0.2) is 0 Å². The van der Waals surface area contributed by atoms with Gasteiger partial charge in [0, 0.05) is 12.8 Å².